The molecule has 31 heavy (non-hydrogen) atoms. The van der Waals surface area contributed by atoms with E-state index in [1.165, 1.54) is 12.1 Å². The van der Waals surface area contributed by atoms with Crippen LogP contribution in [-0.4, -0.2) is 27.8 Å². The first-order chi connectivity index (χ1) is 14.7. The second-order valence-corrected chi connectivity index (χ2v) is 9.27. The Bertz CT molecular complexity index is 965. The third-order valence-electron chi connectivity index (χ3n) is 5.86. The van der Waals surface area contributed by atoms with Crippen LogP contribution in [0.3, 0.4) is 0 Å². The maximum atomic E-state index is 13.1. The number of urea groups is 1. The molecule has 1 saturated heterocycles. The van der Waals surface area contributed by atoms with E-state index in [1.54, 1.807) is 16.8 Å². The first-order valence-corrected chi connectivity index (χ1v) is 10.7. The highest BCUT2D eigenvalue weighted by Crippen LogP contribution is 2.32. The van der Waals surface area contributed by atoms with Gasteiger partial charge in [-0.2, -0.15) is 5.10 Å². The van der Waals surface area contributed by atoms with E-state index in [-0.39, 0.29) is 35.6 Å². The predicted molar refractivity (Wildman–Crippen MR) is 115 cm³/mol. The summed E-state index contributed by atoms with van der Waals surface area (Å²) in [5, 5.41) is 16.8. The van der Waals surface area contributed by atoms with E-state index in [9.17, 15) is 14.0 Å². The van der Waals surface area contributed by atoms with Crippen molar-refractivity contribution in [2.24, 2.45) is 5.92 Å². The number of aromatic nitrogens is 2. The summed E-state index contributed by atoms with van der Waals surface area (Å²) in [6.45, 7) is 6.38. The number of amides is 3. The summed E-state index contributed by atoms with van der Waals surface area (Å²) >= 11 is 0. The summed E-state index contributed by atoms with van der Waals surface area (Å²) in [5.41, 5.74) is 1.35. The van der Waals surface area contributed by atoms with Gasteiger partial charge in [0.15, 0.2) is 6.29 Å². The maximum Gasteiger partial charge on any atom is 0.320 e. The number of halogens is 1. The third kappa shape index (κ3) is 4.71. The average molecular weight is 429 g/mol. The second kappa shape index (κ2) is 8.30. The molecular weight excluding hydrogens is 399 g/mol. The Kier molecular flexibility index (Phi) is 5.70. The van der Waals surface area contributed by atoms with Crippen LogP contribution in [0.2, 0.25) is 0 Å². The van der Waals surface area contributed by atoms with Gasteiger partial charge >= 0.3 is 6.03 Å². The van der Waals surface area contributed by atoms with Crippen LogP contribution in [0.5, 0.6) is 0 Å². The lowest BCUT2D eigenvalue weighted by Crippen LogP contribution is -2.57. The van der Waals surface area contributed by atoms with Crippen LogP contribution in [0.1, 0.15) is 57.6 Å². The fourth-order valence-corrected chi connectivity index (χ4v) is 4.09. The van der Waals surface area contributed by atoms with E-state index >= 15 is 0 Å². The second-order valence-electron chi connectivity index (χ2n) is 9.27. The number of anilines is 1. The van der Waals surface area contributed by atoms with Gasteiger partial charge in [-0.05, 0) is 30.5 Å². The molecule has 0 spiro atoms. The number of nitrogens with zero attached hydrogens (tertiary/aromatic N) is 2. The lowest BCUT2D eigenvalue weighted by atomic mass is 9.92. The zero-order valence-electron chi connectivity index (χ0n) is 18.0. The van der Waals surface area contributed by atoms with E-state index in [0.29, 0.717) is 5.82 Å². The molecule has 8 nitrogen and oxygen atoms in total. The van der Waals surface area contributed by atoms with Crippen LogP contribution in [0.4, 0.5) is 15.0 Å². The molecule has 0 bridgehead atoms. The van der Waals surface area contributed by atoms with Crippen molar-refractivity contribution in [3.8, 4) is 0 Å². The van der Waals surface area contributed by atoms with E-state index in [4.69, 9.17) is 5.10 Å². The minimum absolute atomic E-state index is 0.00989. The van der Waals surface area contributed by atoms with E-state index in [2.05, 4.69) is 21.3 Å². The molecule has 4 N–H and O–H groups in total. The van der Waals surface area contributed by atoms with Gasteiger partial charge in [0, 0.05) is 24.1 Å². The van der Waals surface area contributed by atoms with Crippen LogP contribution in [-0.2, 0) is 16.8 Å². The highest BCUT2D eigenvalue weighted by Gasteiger charge is 2.40. The van der Waals surface area contributed by atoms with Crippen molar-refractivity contribution in [2.75, 3.05) is 5.32 Å². The average Bonchev–Trinajstić information content (AvgIpc) is 3.34. The molecule has 1 aromatic heterocycles. The number of rotatable bonds is 4. The topological polar surface area (TPSA) is 100 Å². The quantitative estimate of drug-likeness (QED) is 0.602. The van der Waals surface area contributed by atoms with Gasteiger partial charge in [0.2, 0.25) is 5.91 Å². The molecule has 3 amide bonds. The molecule has 2 aromatic rings. The van der Waals surface area contributed by atoms with Crippen molar-refractivity contribution in [3.05, 3.63) is 47.4 Å². The van der Waals surface area contributed by atoms with Gasteiger partial charge in [-0.25, -0.2) is 13.9 Å². The minimum atomic E-state index is -0.532. The number of hydrogen-bond donors (Lipinski definition) is 4. The summed E-state index contributed by atoms with van der Waals surface area (Å²) in [6, 6.07) is 7.48. The van der Waals surface area contributed by atoms with Crippen molar-refractivity contribution in [1.82, 2.24) is 25.7 Å². The fraction of sp³-hybridized carbons (Fsp3) is 0.500. The molecule has 1 aliphatic carbocycles. The third-order valence-corrected chi connectivity index (χ3v) is 5.86. The zero-order valence-corrected chi connectivity index (χ0v) is 18.0. The lowest BCUT2D eigenvalue weighted by molar-refractivity contribution is -0.130. The van der Waals surface area contributed by atoms with Crippen molar-refractivity contribution in [1.29, 1.82) is 0 Å². The van der Waals surface area contributed by atoms with Gasteiger partial charge in [0.25, 0.3) is 0 Å². The summed E-state index contributed by atoms with van der Waals surface area (Å²) in [6.07, 6.45) is 2.32. The molecule has 166 valence electrons. The summed E-state index contributed by atoms with van der Waals surface area (Å²) in [5.74, 6) is 0.171. The van der Waals surface area contributed by atoms with Crippen molar-refractivity contribution in [2.45, 2.75) is 64.3 Å². The number of benzene rings is 1. The molecule has 2 aliphatic rings. The Hall–Kier alpha value is -2.94. The Morgan fingerprint density at radius 2 is 2.00 bits per heavy atom. The molecular formula is C22H29FN6O2. The summed E-state index contributed by atoms with van der Waals surface area (Å²) in [7, 11) is 0. The normalized spacial score (nSPS) is 23.2. The van der Waals surface area contributed by atoms with Gasteiger partial charge in [0.1, 0.15) is 11.6 Å². The number of nitrogens with one attached hydrogen (secondary N) is 4. The molecule has 1 saturated carbocycles. The van der Waals surface area contributed by atoms with Crippen LogP contribution >= 0.6 is 0 Å². The van der Waals surface area contributed by atoms with Crippen LogP contribution < -0.4 is 21.3 Å². The first-order valence-electron chi connectivity index (χ1n) is 10.7. The SMILES string of the molecule is CC(C)(C)c1cc(NC(=O)NCc2ccc(F)cc2)n(C2NC(=O)C3CCCC3N2)n1. The van der Waals surface area contributed by atoms with Crippen molar-refractivity contribution < 1.29 is 14.0 Å². The number of carbonyl (C=O) groups excluding carboxylic acids is 2. The van der Waals surface area contributed by atoms with Crippen LogP contribution in [0, 0.1) is 11.7 Å². The number of carbonyl (C=O) groups is 2. The van der Waals surface area contributed by atoms with Crippen LogP contribution in [0.15, 0.2) is 30.3 Å². The Morgan fingerprint density at radius 3 is 2.71 bits per heavy atom. The van der Waals surface area contributed by atoms with Crippen LogP contribution in [0.25, 0.3) is 0 Å². The standard InChI is InChI=1S/C22H29FN6O2/c1-22(2,3)17-11-18(26-21(31)24-12-13-7-9-14(23)10-8-13)29(28-17)20-25-16-6-4-5-15(16)19(30)27-20/h7-11,15-16,20,25H,4-6,12H2,1-3H3,(H,27,30)(H2,24,26,31). The summed E-state index contributed by atoms with van der Waals surface area (Å²) in [4.78, 5) is 25.1. The Balaban J connectivity index is 1.50. The minimum Gasteiger partial charge on any atom is -0.334 e. The van der Waals surface area contributed by atoms with Crippen molar-refractivity contribution >= 4 is 17.8 Å². The molecule has 4 rings (SSSR count). The first kappa shape index (κ1) is 21.3. The monoisotopic (exact) mass is 428 g/mol. The molecule has 0 radical (unpaired) electrons. The predicted octanol–water partition coefficient (Wildman–Crippen LogP) is 2.99. The smallest absolute Gasteiger partial charge is 0.320 e. The molecule has 2 heterocycles. The van der Waals surface area contributed by atoms with Gasteiger partial charge in [-0.1, -0.05) is 39.3 Å². The molecule has 3 atom stereocenters. The van der Waals surface area contributed by atoms with Gasteiger partial charge in [-0.15, -0.1) is 0 Å². The Labute approximate surface area is 181 Å². The maximum absolute atomic E-state index is 13.1. The van der Waals surface area contributed by atoms with E-state index < -0.39 is 12.3 Å². The molecule has 9 heteroatoms. The fourth-order valence-electron chi connectivity index (χ4n) is 4.09. The largest absolute Gasteiger partial charge is 0.334 e. The molecule has 1 aromatic carbocycles. The van der Waals surface area contributed by atoms with Gasteiger partial charge in [-0.3, -0.25) is 15.4 Å². The van der Waals surface area contributed by atoms with E-state index in [1.807, 2.05) is 26.8 Å². The molecule has 2 fully saturated rings. The number of fused-ring (bicyclic) bond motifs is 1. The van der Waals surface area contributed by atoms with E-state index in [0.717, 1.165) is 30.5 Å². The Morgan fingerprint density at radius 1 is 1.26 bits per heavy atom. The lowest BCUT2D eigenvalue weighted by Gasteiger charge is -2.34. The zero-order chi connectivity index (χ0) is 22.2. The number of hydrogen-bond acceptors (Lipinski definition) is 4. The highest BCUT2D eigenvalue weighted by molar-refractivity contribution is 5.88. The van der Waals surface area contributed by atoms with Gasteiger partial charge < -0.3 is 10.6 Å². The van der Waals surface area contributed by atoms with Gasteiger partial charge in [0.05, 0.1) is 11.6 Å². The highest BCUT2D eigenvalue weighted by atomic mass is 19.1. The molecule has 3 unspecified atom stereocenters. The molecule has 1 aliphatic heterocycles. The van der Waals surface area contributed by atoms with Crippen molar-refractivity contribution in [3.63, 3.8) is 0 Å². The summed E-state index contributed by atoms with van der Waals surface area (Å²) < 4.78 is 14.7.